The first-order valence-electron chi connectivity index (χ1n) is 10.4. The highest BCUT2D eigenvalue weighted by Gasteiger charge is 2.36. The summed E-state index contributed by atoms with van der Waals surface area (Å²) < 4.78 is 51.7. The number of rotatable bonds is 5. The van der Waals surface area contributed by atoms with Crippen LogP contribution in [0.15, 0.2) is 30.3 Å². The molecule has 198 valence electrons. The monoisotopic (exact) mass is 586 g/mol. The van der Waals surface area contributed by atoms with Crippen LogP contribution in [0.25, 0.3) is 16.9 Å². The highest BCUT2D eigenvalue weighted by atomic mass is 35.5. The van der Waals surface area contributed by atoms with Crippen LogP contribution in [0.3, 0.4) is 0 Å². The molecule has 3 aromatic heterocycles. The molecule has 0 saturated heterocycles. The van der Waals surface area contributed by atoms with Gasteiger partial charge in [0, 0.05) is 11.6 Å². The fourth-order valence-corrected chi connectivity index (χ4v) is 4.90. The summed E-state index contributed by atoms with van der Waals surface area (Å²) in [5.74, 6) is -2.55. The van der Waals surface area contributed by atoms with Gasteiger partial charge >= 0.3 is 18.1 Å². The molecule has 4 aromatic rings. The van der Waals surface area contributed by atoms with Crippen molar-refractivity contribution in [2.75, 3.05) is 19.5 Å². The topological polar surface area (TPSA) is 112 Å². The summed E-state index contributed by atoms with van der Waals surface area (Å²) in [5, 5.41) is 6.46. The molecule has 0 bridgehead atoms. The Kier molecular flexibility index (Phi) is 7.37. The van der Waals surface area contributed by atoms with Crippen LogP contribution in [0.1, 0.15) is 41.8 Å². The first-order chi connectivity index (χ1) is 17.8. The van der Waals surface area contributed by atoms with Crippen molar-refractivity contribution in [3.05, 3.63) is 67.8 Å². The van der Waals surface area contributed by atoms with Gasteiger partial charge in [0.05, 0.1) is 35.5 Å². The molecule has 1 N–H and O–H groups in total. The molecule has 0 unspecified atom stereocenters. The molecule has 0 saturated carbocycles. The Morgan fingerprint density at radius 3 is 2.32 bits per heavy atom. The number of halogens is 5. The lowest BCUT2D eigenvalue weighted by atomic mass is 10.1. The maximum atomic E-state index is 13.9. The number of nitrogens with zero attached hydrogens (tertiary/aromatic N) is 3. The summed E-state index contributed by atoms with van der Waals surface area (Å²) in [6.45, 7) is 1.46. The van der Waals surface area contributed by atoms with Crippen molar-refractivity contribution in [2.24, 2.45) is 0 Å². The number of hydrogen-bond acceptors (Lipinski definition) is 8. The average molecular weight is 587 g/mol. The minimum Gasteiger partial charge on any atom is -0.465 e. The first kappa shape index (κ1) is 27.4. The van der Waals surface area contributed by atoms with E-state index in [1.165, 1.54) is 25.1 Å². The van der Waals surface area contributed by atoms with Crippen molar-refractivity contribution >= 4 is 63.0 Å². The van der Waals surface area contributed by atoms with E-state index in [0.717, 1.165) is 37.7 Å². The number of aromatic nitrogens is 3. The lowest BCUT2D eigenvalue weighted by molar-refractivity contribution is -0.142. The van der Waals surface area contributed by atoms with E-state index in [1.54, 1.807) is 0 Å². The van der Waals surface area contributed by atoms with Gasteiger partial charge in [-0.15, -0.1) is 11.3 Å². The van der Waals surface area contributed by atoms with E-state index in [4.69, 9.17) is 32.7 Å². The Balaban J connectivity index is 1.79. The summed E-state index contributed by atoms with van der Waals surface area (Å²) in [6.07, 6.45) is -4.86. The molecule has 1 aromatic carbocycles. The number of ether oxygens (including phenoxy) is 2. The molecule has 0 aliphatic heterocycles. The van der Waals surface area contributed by atoms with E-state index < -0.39 is 35.4 Å². The van der Waals surface area contributed by atoms with Crippen LogP contribution in [-0.4, -0.2) is 46.7 Å². The van der Waals surface area contributed by atoms with Crippen molar-refractivity contribution in [1.82, 2.24) is 14.6 Å². The smallest absolute Gasteiger partial charge is 0.433 e. The number of esters is 2. The van der Waals surface area contributed by atoms with Crippen LogP contribution in [0.5, 0.6) is 0 Å². The van der Waals surface area contributed by atoms with Crippen LogP contribution >= 0.6 is 34.5 Å². The molecular weight excluding hydrogens is 572 g/mol. The van der Waals surface area contributed by atoms with Gasteiger partial charge in [-0.05, 0) is 30.7 Å². The highest BCUT2D eigenvalue weighted by molar-refractivity contribution is 7.18. The Hall–Kier alpha value is -3.68. The quantitative estimate of drug-likeness (QED) is 0.289. The summed E-state index contributed by atoms with van der Waals surface area (Å²) in [6, 6.07) is 6.04. The second kappa shape index (κ2) is 10.2. The predicted octanol–water partition coefficient (Wildman–Crippen LogP) is 5.92. The number of thiophene rings is 1. The molecule has 15 heteroatoms. The average Bonchev–Trinajstić information content (AvgIpc) is 3.44. The number of hydrogen-bond donors (Lipinski definition) is 1. The van der Waals surface area contributed by atoms with Gasteiger partial charge in [-0.3, -0.25) is 4.79 Å². The van der Waals surface area contributed by atoms with Gasteiger partial charge in [0.1, 0.15) is 9.88 Å². The molecule has 3 heterocycles. The SMILES string of the molecule is COC(=O)c1sc(NC(=O)c2cc3nc(-c4ccc(Cl)c(Cl)c4)cc(C(F)(F)F)n3n2)c(C(=O)OC)c1C. The van der Waals surface area contributed by atoms with E-state index in [9.17, 15) is 27.6 Å². The van der Waals surface area contributed by atoms with Crippen LogP contribution in [-0.2, 0) is 15.7 Å². The third kappa shape index (κ3) is 5.04. The highest BCUT2D eigenvalue weighted by Crippen LogP contribution is 2.36. The minimum atomic E-state index is -4.86. The number of carbonyl (C=O) groups is 3. The molecule has 0 aliphatic carbocycles. The van der Waals surface area contributed by atoms with Gasteiger partial charge < -0.3 is 14.8 Å². The van der Waals surface area contributed by atoms with Crippen LogP contribution < -0.4 is 5.32 Å². The van der Waals surface area contributed by atoms with E-state index in [-0.39, 0.29) is 48.0 Å². The predicted molar refractivity (Wildman–Crippen MR) is 133 cm³/mol. The zero-order chi connectivity index (χ0) is 27.9. The third-order valence-corrected chi connectivity index (χ3v) is 7.23. The van der Waals surface area contributed by atoms with Crippen molar-refractivity contribution in [1.29, 1.82) is 0 Å². The van der Waals surface area contributed by atoms with Gasteiger partial charge in [0.2, 0.25) is 0 Å². The first-order valence-corrected chi connectivity index (χ1v) is 12.0. The number of fused-ring (bicyclic) bond motifs is 1. The summed E-state index contributed by atoms with van der Waals surface area (Å²) >= 11 is 12.7. The lowest BCUT2D eigenvalue weighted by Gasteiger charge is -2.11. The van der Waals surface area contributed by atoms with Crippen LogP contribution in [0, 0.1) is 6.92 Å². The number of alkyl halides is 3. The maximum Gasteiger partial charge on any atom is 0.433 e. The summed E-state index contributed by atoms with van der Waals surface area (Å²) in [5.41, 5.74) is -1.64. The maximum absolute atomic E-state index is 13.9. The molecule has 4 rings (SSSR count). The molecule has 0 atom stereocenters. The standard InChI is InChI=1S/C23H15Cl2F3N4O5S/c1-9-17(21(34)36-2)20(38-18(9)22(35)37-3)30-19(33)14-8-16-29-13(10-4-5-11(24)12(25)6-10)7-15(23(26,27)28)32(16)31-14/h4-8H,1-3H3,(H,30,33). The summed E-state index contributed by atoms with van der Waals surface area (Å²) in [4.78, 5) is 41.6. The van der Waals surface area contributed by atoms with Gasteiger partial charge in [0.15, 0.2) is 17.0 Å². The number of carbonyl (C=O) groups excluding carboxylic acids is 3. The number of nitrogens with one attached hydrogen (secondary N) is 1. The van der Waals surface area contributed by atoms with Crippen molar-refractivity contribution in [3.8, 4) is 11.3 Å². The number of benzene rings is 1. The molecule has 0 aliphatic rings. The molecule has 9 nitrogen and oxygen atoms in total. The lowest BCUT2D eigenvalue weighted by Crippen LogP contribution is -2.16. The molecule has 1 amide bonds. The normalized spacial score (nSPS) is 11.5. The van der Waals surface area contributed by atoms with Crippen LogP contribution in [0.2, 0.25) is 10.0 Å². The zero-order valence-electron chi connectivity index (χ0n) is 19.6. The molecule has 0 spiro atoms. The van der Waals surface area contributed by atoms with Gasteiger partial charge in [-0.1, -0.05) is 29.3 Å². The Bertz CT molecular complexity index is 1620. The largest absolute Gasteiger partial charge is 0.465 e. The van der Waals surface area contributed by atoms with Crippen molar-refractivity contribution in [3.63, 3.8) is 0 Å². The van der Waals surface area contributed by atoms with E-state index >= 15 is 0 Å². The van der Waals surface area contributed by atoms with E-state index in [2.05, 4.69) is 15.4 Å². The fourth-order valence-electron chi connectivity index (χ4n) is 3.49. The molecular formula is C23H15Cl2F3N4O5S. The molecule has 0 radical (unpaired) electrons. The number of amides is 1. The molecule has 0 fully saturated rings. The Morgan fingerprint density at radius 1 is 1.03 bits per heavy atom. The van der Waals surface area contributed by atoms with Gasteiger partial charge in [0.25, 0.3) is 5.91 Å². The Labute approximate surface area is 226 Å². The number of anilines is 1. The van der Waals surface area contributed by atoms with Crippen molar-refractivity contribution < 1.29 is 37.0 Å². The second-order valence-electron chi connectivity index (χ2n) is 7.65. The van der Waals surface area contributed by atoms with Crippen LogP contribution in [0.4, 0.5) is 18.2 Å². The van der Waals surface area contributed by atoms with Gasteiger partial charge in [-0.25, -0.2) is 19.1 Å². The Morgan fingerprint density at radius 2 is 1.71 bits per heavy atom. The second-order valence-corrected chi connectivity index (χ2v) is 9.49. The zero-order valence-corrected chi connectivity index (χ0v) is 21.9. The third-order valence-electron chi connectivity index (χ3n) is 5.30. The van der Waals surface area contributed by atoms with E-state index in [0.29, 0.717) is 4.52 Å². The van der Waals surface area contributed by atoms with E-state index in [1.807, 2.05) is 0 Å². The summed E-state index contributed by atoms with van der Waals surface area (Å²) in [7, 11) is 2.26. The minimum absolute atomic E-state index is 0.0329. The number of methoxy groups -OCH3 is 2. The fraction of sp³-hybridized carbons (Fsp3) is 0.174. The van der Waals surface area contributed by atoms with Gasteiger partial charge in [-0.2, -0.15) is 18.3 Å². The molecule has 38 heavy (non-hydrogen) atoms. The van der Waals surface area contributed by atoms with Crippen molar-refractivity contribution in [2.45, 2.75) is 13.1 Å².